The van der Waals surface area contributed by atoms with Crippen molar-refractivity contribution in [2.24, 2.45) is 0 Å². The van der Waals surface area contributed by atoms with Crippen LogP contribution in [0, 0.1) is 5.82 Å². The molecule has 1 aliphatic heterocycles. The Balaban J connectivity index is 1.12. The molecular formula is C25H30FN5O. The number of nitrogens with zero attached hydrogens (tertiary/aromatic N) is 4. The van der Waals surface area contributed by atoms with Gasteiger partial charge < -0.3 is 10.2 Å². The second-order valence-electron chi connectivity index (χ2n) is 8.16. The third kappa shape index (κ3) is 6.02. The fourth-order valence-corrected chi connectivity index (χ4v) is 3.98. The monoisotopic (exact) mass is 435 g/mol. The predicted molar refractivity (Wildman–Crippen MR) is 123 cm³/mol. The highest BCUT2D eigenvalue weighted by Crippen LogP contribution is 2.12. The van der Waals surface area contributed by atoms with Gasteiger partial charge in [-0.25, -0.2) is 9.07 Å². The number of nitrogens with one attached hydrogen (secondary N) is 1. The summed E-state index contributed by atoms with van der Waals surface area (Å²) in [5, 5.41) is 7.12. The van der Waals surface area contributed by atoms with Crippen LogP contribution in [-0.2, 0) is 6.54 Å². The average Bonchev–Trinajstić information content (AvgIpc) is 3.31. The molecule has 1 N–H and O–H groups in total. The zero-order valence-electron chi connectivity index (χ0n) is 18.3. The molecule has 6 nitrogen and oxygen atoms in total. The van der Waals surface area contributed by atoms with E-state index in [2.05, 4.69) is 50.5 Å². The molecule has 1 aliphatic rings. The molecule has 32 heavy (non-hydrogen) atoms. The number of carbonyl (C=O) groups is 1. The standard InChI is InChI=1S/C25H30FN5O/c26-22-10-4-5-11-24(22)31-15-12-23(28-31)25(32)27-13-6-7-14-29-16-18-30(19-17-29)20-21-8-2-1-3-9-21/h1-5,8-12,15H,6-7,13-14,16-20H2,(H,27,32). The van der Waals surface area contributed by atoms with Crippen molar-refractivity contribution >= 4 is 5.91 Å². The van der Waals surface area contributed by atoms with Crippen molar-refractivity contribution < 1.29 is 9.18 Å². The number of benzene rings is 2. The molecule has 4 rings (SSSR count). The Morgan fingerprint density at radius 3 is 2.41 bits per heavy atom. The van der Waals surface area contributed by atoms with E-state index in [1.165, 1.54) is 16.3 Å². The number of unbranched alkanes of at least 4 members (excludes halogenated alkanes) is 1. The summed E-state index contributed by atoms with van der Waals surface area (Å²) in [6.07, 6.45) is 3.57. The van der Waals surface area contributed by atoms with Crippen molar-refractivity contribution in [3.63, 3.8) is 0 Å². The lowest BCUT2D eigenvalue weighted by molar-refractivity contribution is 0.0945. The molecule has 2 heterocycles. The van der Waals surface area contributed by atoms with Crippen LogP contribution in [0.2, 0.25) is 0 Å². The van der Waals surface area contributed by atoms with Gasteiger partial charge in [0.25, 0.3) is 5.91 Å². The van der Waals surface area contributed by atoms with Crippen LogP contribution in [-0.4, -0.2) is 64.8 Å². The zero-order valence-corrected chi connectivity index (χ0v) is 18.3. The molecular weight excluding hydrogens is 405 g/mol. The van der Waals surface area contributed by atoms with Crippen molar-refractivity contribution in [2.45, 2.75) is 19.4 Å². The lowest BCUT2D eigenvalue weighted by atomic mass is 10.2. The second-order valence-corrected chi connectivity index (χ2v) is 8.16. The van der Waals surface area contributed by atoms with Gasteiger partial charge in [-0.1, -0.05) is 42.5 Å². The SMILES string of the molecule is O=C(NCCCCN1CCN(Cc2ccccc2)CC1)c1ccn(-c2ccccc2F)n1. The van der Waals surface area contributed by atoms with E-state index < -0.39 is 0 Å². The Labute approximate surface area is 188 Å². The van der Waals surface area contributed by atoms with Gasteiger partial charge in [0, 0.05) is 45.5 Å². The van der Waals surface area contributed by atoms with Crippen LogP contribution < -0.4 is 5.32 Å². The van der Waals surface area contributed by atoms with E-state index >= 15 is 0 Å². The molecule has 1 fully saturated rings. The van der Waals surface area contributed by atoms with Crippen LogP contribution in [0.25, 0.3) is 5.69 Å². The van der Waals surface area contributed by atoms with Crippen molar-refractivity contribution in [2.75, 3.05) is 39.3 Å². The van der Waals surface area contributed by atoms with Crippen LogP contribution >= 0.6 is 0 Å². The maximum atomic E-state index is 13.9. The van der Waals surface area contributed by atoms with E-state index in [-0.39, 0.29) is 11.7 Å². The fourth-order valence-electron chi connectivity index (χ4n) is 3.98. The lowest BCUT2D eigenvalue weighted by Gasteiger charge is -2.34. The zero-order chi connectivity index (χ0) is 22.2. The van der Waals surface area contributed by atoms with Gasteiger partial charge in [0.1, 0.15) is 11.5 Å². The van der Waals surface area contributed by atoms with Crippen molar-refractivity contribution in [1.29, 1.82) is 0 Å². The summed E-state index contributed by atoms with van der Waals surface area (Å²) < 4.78 is 15.3. The van der Waals surface area contributed by atoms with Gasteiger partial charge in [-0.05, 0) is 43.1 Å². The van der Waals surface area contributed by atoms with Crippen molar-refractivity contribution in [3.8, 4) is 5.69 Å². The van der Waals surface area contributed by atoms with Crippen molar-refractivity contribution in [3.05, 3.63) is 83.9 Å². The van der Waals surface area contributed by atoms with Gasteiger partial charge in [-0.2, -0.15) is 5.10 Å². The van der Waals surface area contributed by atoms with Crippen LogP contribution in [0.1, 0.15) is 28.9 Å². The van der Waals surface area contributed by atoms with Crippen molar-refractivity contribution in [1.82, 2.24) is 24.9 Å². The molecule has 168 valence electrons. The van der Waals surface area contributed by atoms with Gasteiger partial charge >= 0.3 is 0 Å². The Morgan fingerprint density at radius 1 is 0.906 bits per heavy atom. The molecule has 1 aromatic heterocycles. The maximum absolute atomic E-state index is 13.9. The Morgan fingerprint density at radius 2 is 1.62 bits per heavy atom. The molecule has 0 radical (unpaired) electrons. The summed E-state index contributed by atoms with van der Waals surface area (Å²) in [5.74, 6) is -0.599. The summed E-state index contributed by atoms with van der Waals surface area (Å²) in [7, 11) is 0. The van der Waals surface area contributed by atoms with E-state index in [0.717, 1.165) is 52.1 Å². The largest absolute Gasteiger partial charge is 0.351 e. The molecule has 0 saturated carbocycles. The number of carbonyl (C=O) groups excluding carboxylic acids is 1. The summed E-state index contributed by atoms with van der Waals surface area (Å²) in [5.41, 5.74) is 1.99. The molecule has 0 atom stereocenters. The smallest absolute Gasteiger partial charge is 0.271 e. The molecule has 3 aromatic rings. The number of hydrogen-bond acceptors (Lipinski definition) is 4. The first kappa shape index (κ1) is 22.2. The minimum absolute atomic E-state index is 0.227. The molecule has 1 saturated heterocycles. The van der Waals surface area contributed by atoms with E-state index in [4.69, 9.17) is 0 Å². The highest BCUT2D eigenvalue weighted by atomic mass is 19.1. The van der Waals surface area contributed by atoms with E-state index in [9.17, 15) is 9.18 Å². The van der Waals surface area contributed by atoms with Crippen LogP contribution in [0.15, 0.2) is 66.9 Å². The molecule has 2 aromatic carbocycles. The lowest BCUT2D eigenvalue weighted by Crippen LogP contribution is -2.46. The number of para-hydroxylation sites is 1. The molecule has 1 amide bonds. The number of aromatic nitrogens is 2. The maximum Gasteiger partial charge on any atom is 0.271 e. The fraction of sp³-hybridized carbons (Fsp3) is 0.360. The van der Waals surface area contributed by atoms with Gasteiger partial charge in [0.15, 0.2) is 5.69 Å². The average molecular weight is 436 g/mol. The molecule has 0 bridgehead atoms. The van der Waals surface area contributed by atoms with Crippen LogP contribution in [0.4, 0.5) is 4.39 Å². The van der Waals surface area contributed by atoms with Gasteiger partial charge in [0.2, 0.25) is 0 Å². The molecule has 0 unspecified atom stereocenters. The van der Waals surface area contributed by atoms with Gasteiger partial charge in [-0.15, -0.1) is 0 Å². The highest BCUT2D eigenvalue weighted by molar-refractivity contribution is 5.92. The predicted octanol–water partition coefficient (Wildman–Crippen LogP) is 3.34. The minimum atomic E-state index is -0.372. The summed E-state index contributed by atoms with van der Waals surface area (Å²) >= 11 is 0. The summed E-state index contributed by atoms with van der Waals surface area (Å²) in [4.78, 5) is 17.3. The Hall–Kier alpha value is -3.03. The summed E-state index contributed by atoms with van der Waals surface area (Å²) in [6, 6.07) is 18.6. The quantitative estimate of drug-likeness (QED) is 0.524. The minimum Gasteiger partial charge on any atom is -0.351 e. The topological polar surface area (TPSA) is 53.4 Å². The number of halogens is 1. The van der Waals surface area contributed by atoms with Gasteiger partial charge in [0.05, 0.1) is 0 Å². The summed E-state index contributed by atoms with van der Waals surface area (Å²) in [6.45, 7) is 7.05. The molecule has 7 heteroatoms. The van der Waals surface area contributed by atoms with E-state index in [0.29, 0.717) is 17.9 Å². The first-order valence-corrected chi connectivity index (χ1v) is 11.3. The van der Waals surface area contributed by atoms with E-state index in [1.54, 1.807) is 30.5 Å². The van der Waals surface area contributed by atoms with Crippen LogP contribution in [0.5, 0.6) is 0 Å². The Kier molecular flexibility index (Phi) is 7.64. The normalized spacial score (nSPS) is 15.0. The Bertz CT molecular complexity index is 998. The number of amides is 1. The third-order valence-corrected chi connectivity index (χ3v) is 5.82. The molecule has 0 spiro atoms. The highest BCUT2D eigenvalue weighted by Gasteiger charge is 2.16. The molecule has 0 aliphatic carbocycles. The number of rotatable bonds is 9. The third-order valence-electron chi connectivity index (χ3n) is 5.82. The second kappa shape index (κ2) is 11.0. The van der Waals surface area contributed by atoms with E-state index in [1.807, 2.05) is 0 Å². The van der Waals surface area contributed by atoms with Gasteiger partial charge in [-0.3, -0.25) is 9.69 Å². The first-order valence-electron chi connectivity index (χ1n) is 11.3. The number of piperazine rings is 1. The number of hydrogen-bond donors (Lipinski definition) is 1. The first-order chi connectivity index (χ1) is 15.7. The van der Waals surface area contributed by atoms with Crippen LogP contribution in [0.3, 0.4) is 0 Å².